The van der Waals surface area contributed by atoms with Gasteiger partial charge in [0, 0.05) is 10.5 Å². The highest BCUT2D eigenvalue weighted by Crippen LogP contribution is 2.23. The van der Waals surface area contributed by atoms with Gasteiger partial charge in [0.15, 0.2) is 0 Å². The molecule has 1 atom stereocenters. The van der Waals surface area contributed by atoms with E-state index in [0.29, 0.717) is 12.0 Å². The molecule has 1 unspecified atom stereocenters. The Morgan fingerprint density at radius 1 is 1.22 bits per heavy atom. The Morgan fingerprint density at radius 2 is 1.89 bits per heavy atom. The Morgan fingerprint density at radius 3 is 2.44 bits per heavy atom. The van der Waals surface area contributed by atoms with Crippen molar-refractivity contribution in [2.24, 2.45) is 5.92 Å². The van der Waals surface area contributed by atoms with Gasteiger partial charge in [-0.2, -0.15) is 0 Å². The number of hydrogen-bond donors (Lipinski definition) is 1. The number of likely N-dealkylation sites (N-methyl/N-ethyl adjacent to an activating group) is 1. The minimum Gasteiger partial charge on any atom is -0.314 e. The number of rotatable bonds is 7. The summed E-state index contributed by atoms with van der Waals surface area (Å²) in [5, 5.41) is 3.54. The Balaban J connectivity index is 2.85. The molecule has 0 bridgehead atoms. The fourth-order valence-corrected chi connectivity index (χ4v) is 2.87. The Hall–Kier alpha value is -0.410. The normalized spacial score (nSPS) is 13.0. The lowest BCUT2D eigenvalue weighted by molar-refractivity contribution is 0.336. The highest BCUT2D eigenvalue weighted by Gasteiger charge is 2.19. The van der Waals surface area contributed by atoms with Gasteiger partial charge < -0.3 is 5.32 Å². The van der Waals surface area contributed by atoms with Crippen LogP contribution in [0.5, 0.6) is 0 Å². The first kappa shape index (κ1) is 15.6. The summed E-state index contributed by atoms with van der Waals surface area (Å²) in [4.78, 5) is 0. The SMILES string of the molecule is CCNC(Cc1cc(F)ccc1Br)C(CC)CC. The number of hydrogen-bond acceptors (Lipinski definition) is 1. The second-order valence-corrected chi connectivity index (χ2v) is 5.53. The van der Waals surface area contributed by atoms with E-state index in [0.717, 1.165) is 35.8 Å². The van der Waals surface area contributed by atoms with Gasteiger partial charge in [0.2, 0.25) is 0 Å². The largest absolute Gasteiger partial charge is 0.314 e. The highest BCUT2D eigenvalue weighted by molar-refractivity contribution is 9.10. The summed E-state index contributed by atoms with van der Waals surface area (Å²) in [6.45, 7) is 7.52. The Labute approximate surface area is 118 Å². The maximum Gasteiger partial charge on any atom is 0.123 e. The number of nitrogens with one attached hydrogen (secondary N) is 1. The topological polar surface area (TPSA) is 12.0 Å². The average Bonchev–Trinajstić information content (AvgIpc) is 2.35. The van der Waals surface area contributed by atoms with Crippen molar-refractivity contribution in [1.82, 2.24) is 5.32 Å². The van der Waals surface area contributed by atoms with Crippen LogP contribution in [-0.2, 0) is 6.42 Å². The zero-order chi connectivity index (χ0) is 13.5. The van der Waals surface area contributed by atoms with Crippen molar-refractivity contribution in [3.63, 3.8) is 0 Å². The van der Waals surface area contributed by atoms with Gasteiger partial charge in [0.25, 0.3) is 0 Å². The minimum atomic E-state index is -0.159. The van der Waals surface area contributed by atoms with Crippen LogP contribution in [-0.4, -0.2) is 12.6 Å². The fraction of sp³-hybridized carbons (Fsp3) is 0.600. The molecule has 1 N–H and O–H groups in total. The lowest BCUT2D eigenvalue weighted by Crippen LogP contribution is -2.37. The van der Waals surface area contributed by atoms with Crippen molar-refractivity contribution in [2.45, 2.75) is 46.1 Å². The quantitative estimate of drug-likeness (QED) is 0.778. The molecule has 0 aromatic heterocycles. The molecule has 18 heavy (non-hydrogen) atoms. The zero-order valence-electron chi connectivity index (χ0n) is 11.5. The number of benzene rings is 1. The van der Waals surface area contributed by atoms with Gasteiger partial charge in [-0.05, 0) is 42.6 Å². The van der Waals surface area contributed by atoms with Crippen molar-refractivity contribution in [3.8, 4) is 0 Å². The second-order valence-electron chi connectivity index (χ2n) is 4.68. The number of halogens is 2. The summed E-state index contributed by atoms with van der Waals surface area (Å²) in [7, 11) is 0. The van der Waals surface area contributed by atoms with Crippen LogP contribution >= 0.6 is 15.9 Å². The van der Waals surface area contributed by atoms with Crippen LogP contribution in [0.15, 0.2) is 22.7 Å². The summed E-state index contributed by atoms with van der Waals surface area (Å²) in [5.41, 5.74) is 1.05. The van der Waals surface area contributed by atoms with E-state index in [9.17, 15) is 4.39 Å². The van der Waals surface area contributed by atoms with Gasteiger partial charge >= 0.3 is 0 Å². The molecule has 0 fully saturated rings. The molecule has 0 spiro atoms. The van der Waals surface area contributed by atoms with E-state index >= 15 is 0 Å². The van der Waals surface area contributed by atoms with Crippen molar-refractivity contribution in [1.29, 1.82) is 0 Å². The van der Waals surface area contributed by atoms with Crippen LogP contribution in [0.2, 0.25) is 0 Å². The molecule has 0 heterocycles. The minimum absolute atomic E-state index is 0.159. The van der Waals surface area contributed by atoms with E-state index in [1.807, 2.05) is 0 Å². The standard InChI is InChI=1S/C15H23BrFN/c1-4-11(5-2)15(18-6-3)10-12-9-13(17)7-8-14(12)16/h7-9,11,15,18H,4-6,10H2,1-3H3. The molecule has 0 aliphatic rings. The van der Waals surface area contributed by atoms with Crippen molar-refractivity contribution < 1.29 is 4.39 Å². The third kappa shape index (κ3) is 4.36. The summed E-state index contributed by atoms with van der Waals surface area (Å²) >= 11 is 3.51. The second kappa shape index (κ2) is 7.90. The molecule has 0 amide bonds. The third-order valence-electron chi connectivity index (χ3n) is 3.53. The van der Waals surface area contributed by atoms with E-state index in [-0.39, 0.29) is 5.82 Å². The van der Waals surface area contributed by atoms with Crippen LogP contribution < -0.4 is 5.32 Å². The molecule has 0 saturated carbocycles. The molecule has 0 radical (unpaired) electrons. The predicted molar refractivity (Wildman–Crippen MR) is 79.3 cm³/mol. The summed E-state index contributed by atoms with van der Waals surface area (Å²) in [5.74, 6) is 0.480. The van der Waals surface area contributed by atoms with E-state index in [1.165, 1.54) is 6.07 Å². The van der Waals surface area contributed by atoms with Crippen molar-refractivity contribution in [3.05, 3.63) is 34.1 Å². The molecule has 0 aliphatic carbocycles. The molecule has 1 nitrogen and oxygen atoms in total. The van der Waals surface area contributed by atoms with E-state index in [4.69, 9.17) is 0 Å². The smallest absolute Gasteiger partial charge is 0.123 e. The molecule has 0 saturated heterocycles. The van der Waals surface area contributed by atoms with Crippen LogP contribution in [0.1, 0.15) is 39.2 Å². The molecule has 3 heteroatoms. The summed E-state index contributed by atoms with van der Waals surface area (Å²) in [6.07, 6.45) is 3.18. The lowest BCUT2D eigenvalue weighted by Gasteiger charge is -2.26. The van der Waals surface area contributed by atoms with E-state index < -0.39 is 0 Å². The lowest BCUT2D eigenvalue weighted by atomic mass is 9.89. The molecular weight excluding hydrogens is 293 g/mol. The first-order chi connectivity index (χ1) is 8.62. The highest BCUT2D eigenvalue weighted by atomic mass is 79.9. The fourth-order valence-electron chi connectivity index (χ4n) is 2.46. The van der Waals surface area contributed by atoms with Crippen LogP contribution in [0.25, 0.3) is 0 Å². The molecule has 1 aromatic rings. The third-order valence-corrected chi connectivity index (χ3v) is 4.31. The maximum atomic E-state index is 13.3. The summed E-state index contributed by atoms with van der Waals surface area (Å²) in [6, 6.07) is 5.34. The first-order valence-electron chi connectivity index (χ1n) is 6.79. The molecule has 1 aromatic carbocycles. The van der Waals surface area contributed by atoms with Crippen LogP contribution in [0.4, 0.5) is 4.39 Å². The van der Waals surface area contributed by atoms with Crippen LogP contribution in [0.3, 0.4) is 0 Å². The van der Waals surface area contributed by atoms with Gasteiger partial charge in [-0.25, -0.2) is 4.39 Å². The van der Waals surface area contributed by atoms with Crippen molar-refractivity contribution >= 4 is 15.9 Å². The monoisotopic (exact) mass is 315 g/mol. The predicted octanol–water partition coefficient (Wildman–Crippen LogP) is 4.55. The van der Waals surface area contributed by atoms with E-state index in [1.54, 1.807) is 12.1 Å². The molecule has 1 rings (SSSR count). The zero-order valence-corrected chi connectivity index (χ0v) is 13.1. The van der Waals surface area contributed by atoms with Crippen molar-refractivity contribution in [2.75, 3.05) is 6.54 Å². The summed E-state index contributed by atoms with van der Waals surface area (Å²) < 4.78 is 14.3. The first-order valence-corrected chi connectivity index (χ1v) is 7.58. The van der Waals surface area contributed by atoms with Gasteiger partial charge in [-0.15, -0.1) is 0 Å². The van der Waals surface area contributed by atoms with Gasteiger partial charge in [0.1, 0.15) is 5.82 Å². The van der Waals surface area contributed by atoms with E-state index in [2.05, 4.69) is 42.0 Å². The van der Waals surface area contributed by atoms with Gasteiger partial charge in [0.05, 0.1) is 0 Å². The average molecular weight is 316 g/mol. The Kier molecular flexibility index (Phi) is 6.87. The molecule has 102 valence electrons. The van der Waals surface area contributed by atoms with Crippen LogP contribution in [0, 0.1) is 11.7 Å². The van der Waals surface area contributed by atoms with Gasteiger partial charge in [-0.1, -0.05) is 49.5 Å². The molecular formula is C15H23BrFN. The Bertz CT molecular complexity index is 364. The van der Waals surface area contributed by atoms with Gasteiger partial charge in [-0.3, -0.25) is 0 Å². The molecule has 0 aliphatic heterocycles. The maximum absolute atomic E-state index is 13.3.